The largest absolute Gasteiger partial charge is 0.495 e. The van der Waals surface area contributed by atoms with Crippen LogP contribution < -0.4 is 4.74 Å². The Hall–Kier alpha value is -1.84. The molecule has 0 saturated carbocycles. The number of hydrogen-bond donors (Lipinski definition) is 0. The normalized spacial score (nSPS) is 10.4. The third kappa shape index (κ3) is 1.16. The molecule has 2 aromatic rings. The fourth-order valence-corrected chi connectivity index (χ4v) is 1.52. The van der Waals surface area contributed by atoms with Crippen molar-refractivity contribution in [2.45, 2.75) is 0 Å². The monoisotopic (exact) mass is 190 g/mol. The number of aromatic nitrogens is 2. The highest BCUT2D eigenvalue weighted by Gasteiger charge is 2.09. The molecule has 1 heterocycles. The molecule has 72 valence electrons. The zero-order valence-corrected chi connectivity index (χ0v) is 8.02. The molecule has 0 aliphatic heterocycles. The van der Waals surface area contributed by atoms with Gasteiger partial charge in [-0.15, -0.1) is 0 Å². The van der Waals surface area contributed by atoms with Crippen LogP contribution in [0.25, 0.3) is 10.9 Å². The summed E-state index contributed by atoms with van der Waals surface area (Å²) in [6.45, 7) is 0. The van der Waals surface area contributed by atoms with Crippen LogP contribution in [-0.4, -0.2) is 23.2 Å². The van der Waals surface area contributed by atoms with E-state index in [9.17, 15) is 4.79 Å². The number of fused-ring (bicyclic) bond motifs is 1. The zero-order chi connectivity index (χ0) is 10.1. The van der Waals surface area contributed by atoms with Crippen molar-refractivity contribution in [1.82, 2.24) is 9.78 Å². The number of nitrogens with zero attached hydrogens (tertiary/aromatic N) is 2. The highest BCUT2D eigenvalue weighted by Crippen LogP contribution is 2.27. The van der Waals surface area contributed by atoms with Crippen LogP contribution in [0.4, 0.5) is 0 Å². The number of hydrogen-bond acceptors (Lipinski definition) is 3. The van der Waals surface area contributed by atoms with Gasteiger partial charge in [0.25, 0.3) is 0 Å². The van der Waals surface area contributed by atoms with Gasteiger partial charge in [-0.05, 0) is 12.1 Å². The molecule has 0 spiro atoms. The molecule has 0 N–H and O–H groups in total. The Morgan fingerprint density at radius 1 is 1.50 bits per heavy atom. The quantitative estimate of drug-likeness (QED) is 0.672. The minimum atomic E-state index is 0.549. The predicted octanol–water partition coefficient (Wildman–Crippen LogP) is 1.39. The lowest BCUT2D eigenvalue weighted by molar-refractivity contribution is 0.112. The van der Waals surface area contributed by atoms with E-state index in [1.807, 2.05) is 19.3 Å². The molecule has 4 nitrogen and oxygen atoms in total. The zero-order valence-electron chi connectivity index (χ0n) is 8.02. The van der Waals surface area contributed by atoms with Gasteiger partial charge in [0, 0.05) is 13.2 Å². The Morgan fingerprint density at radius 3 is 2.93 bits per heavy atom. The molecule has 0 fully saturated rings. The molecule has 0 atom stereocenters. The van der Waals surface area contributed by atoms with Crippen molar-refractivity contribution in [1.29, 1.82) is 0 Å². The van der Waals surface area contributed by atoms with E-state index in [-0.39, 0.29) is 0 Å². The lowest BCUT2D eigenvalue weighted by atomic mass is 10.1. The van der Waals surface area contributed by atoms with Gasteiger partial charge in [0.1, 0.15) is 5.75 Å². The van der Waals surface area contributed by atoms with Gasteiger partial charge in [-0.3, -0.25) is 9.48 Å². The van der Waals surface area contributed by atoms with E-state index in [4.69, 9.17) is 4.74 Å². The molecule has 0 bridgehead atoms. The molecule has 0 unspecified atom stereocenters. The van der Waals surface area contributed by atoms with Crippen LogP contribution in [-0.2, 0) is 7.05 Å². The summed E-state index contributed by atoms with van der Waals surface area (Å²) in [5.41, 5.74) is 1.38. The van der Waals surface area contributed by atoms with E-state index < -0.39 is 0 Å². The number of aldehydes is 1. The molecule has 14 heavy (non-hydrogen) atoms. The minimum Gasteiger partial charge on any atom is -0.495 e. The van der Waals surface area contributed by atoms with E-state index >= 15 is 0 Å². The molecular formula is C10H10N2O2. The van der Waals surface area contributed by atoms with E-state index in [0.29, 0.717) is 11.3 Å². The number of ether oxygens (including phenoxy) is 1. The van der Waals surface area contributed by atoms with Crippen LogP contribution in [0, 0.1) is 0 Å². The summed E-state index contributed by atoms with van der Waals surface area (Å²) < 4.78 is 6.87. The lowest BCUT2D eigenvalue weighted by Gasteiger charge is -2.02. The van der Waals surface area contributed by atoms with Gasteiger partial charge < -0.3 is 4.74 Å². The van der Waals surface area contributed by atoms with Crippen LogP contribution in [0.1, 0.15) is 10.4 Å². The topological polar surface area (TPSA) is 44.1 Å². The summed E-state index contributed by atoms with van der Waals surface area (Å²) in [6.07, 6.45) is 2.62. The Labute approximate surface area is 81.1 Å². The van der Waals surface area contributed by atoms with Gasteiger partial charge in [-0.1, -0.05) is 0 Å². The second-order valence-corrected chi connectivity index (χ2v) is 3.04. The maximum absolute atomic E-state index is 10.7. The van der Waals surface area contributed by atoms with Crippen LogP contribution in [0.3, 0.4) is 0 Å². The Kier molecular flexibility index (Phi) is 1.96. The van der Waals surface area contributed by atoms with Gasteiger partial charge in [-0.25, -0.2) is 0 Å². The number of aryl methyl sites for hydroxylation is 1. The molecule has 0 saturated heterocycles. The van der Waals surface area contributed by atoms with Crippen LogP contribution in [0.15, 0.2) is 18.3 Å². The Bertz CT molecular complexity index is 488. The molecule has 2 rings (SSSR count). The summed E-state index contributed by atoms with van der Waals surface area (Å²) >= 11 is 0. The summed E-state index contributed by atoms with van der Waals surface area (Å²) in [5.74, 6) is 0.589. The minimum absolute atomic E-state index is 0.549. The molecule has 0 aliphatic carbocycles. The average Bonchev–Trinajstić information content (AvgIpc) is 2.56. The molecule has 0 amide bonds. The summed E-state index contributed by atoms with van der Waals surface area (Å²) in [5, 5.41) is 5.08. The van der Waals surface area contributed by atoms with Crippen molar-refractivity contribution in [2.24, 2.45) is 7.05 Å². The fraction of sp³-hybridized carbons (Fsp3) is 0.200. The number of benzene rings is 1. The maximum atomic E-state index is 10.7. The molecule has 0 aliphatic rings. The third-order valence-corrected chi connectivity index (χ3v) is 2.12. The van der Waals surface area contributed by atoms with E-state index in [0.717, 1.165) is 17.2 Å². The second-order valence-electron chi connectivity index (χ2n) is 3.04. The van der Waals surface area contributed by atoms with Crippen molar-refractivity contribution in [3.63, 3.8) is 0 Å². The van der Waals surface area contributed by atoms with Gasteiger partial charge in [0.15, 0.2) is 6.29 Å². The average molecular weight is 190 g/mol. The van der Waals surface area contributed by atoms with Crippen molar-refractivity contribution in [3.8, 4) is 5.75 Å². The molecule has 4 heteroatoms. The Morgan fingerprint density at radius 2 is 2.29 bits per heavy atom. The maximum Gasteiger partial charge on any atom is 0.153 e. The first-order valence-corrected chi connectivity index (χ1v) is 4.22. The predicted molar refractivity (Wildman–Crippen MR) is 52.7 cm³/mol. The van der Waals surface area contributed by atoms with Gasteiger partial charge in [0.05, 0.1) is 23.6 Å². The smallest absolute Gasteiger partial charge is 0.153 e. The van der Waals surface area contributed by atoms with Crippen LogP contribution in [0.2, 0.25) is 0 Å². The van der Waals surface area contributed by atoms with E-state index in [1.54, 1.807) is 17.9 Å². The van der Waals surface area contributed by atoms with Crippen LogP contribution in [0.5, 0.6) is 5.75 Å². The van der Waals surface area contributed by atoms with Crippen LogP contribution >= 0.6 is 0 Å². The number of carbonyl (C=O) groups excluding carboxylic acids is 1. The van der Waals surface area contributed by atoms with E-state index in [2.05, 4.69) is 5.10 Å². The summed E-state index contributed by atoms with van der Waals surface area (Å²) in [7, 11) is 3.38. The number of carbonyl (C=O) groups is 1. The first-order valence-electron chi connectivity index (χ1n) is 4.22. The Balaban J connectivity index is 2.82. The third-order valence-electron chi connectivity index (χ3n) is 2.12. The van der Waals surface area contributed by atoms with Crippen molar-refractivity contribution in [3.05, 3.63) is 23.9 Å². The summed E-state index contributed by atoms with van der Waals surface area (Å²) in [6, 6.07) is 3.52. The molecule has 1 aromatic heterocycles. The van der Waals surface area contributed by atoms with Gasteiger partial charge >= 0.3 is 0 Å². The fourth-order valence-electron chi connectivity index (χ4n) is 1.52. The molecule has 0 radical (unpaired) electrons. The van der Waals surface area contributed by atoms with Gasteiger partial charge in [-0.2, -0.15) is 5.10 Å². The second kappa shape index (κ2) is 3.14. The highest BCUT2D eigenvalue weighted by atomic mass is 16.5. The van der Waals surface area contributed by atoms with Gasteiger partial charge in [0.2, 0.25) is 0 Å². The number of methoxy groups -OCH3 is 1. The van der Waals surface area contributed by atoms with Crippen molar-refractivity contribution >= 4 is 17.2 Å². The molecule has 1 aromatic carbocycles. The first-order chi connectivity index (χ1) is 6.76. The summed E-state index contributed by atoms with van der Waals surface area (Å²) in [4.78, 5) is 10.7. The van der Waals surface area contributed by atoms with Crippen molar-refractivity contribution in [2.75, 3.05) is 7.11 Å². The SMILES string of the molecule is COc1c(C=O)ccc2nn(C)cc12. The standard InChI is InChI=1S/C10H10N2O2/c1-12-5-8-9(11-12)4-3-7(6-13)10(8)14-2/h3-6H,1-2H3. The number of rotatable bonds is 2. The van der Waals surface area contributed by atoms with E-state index in [1.165, 1.54) is 0 Å². The first kappa shape index (κ1) is 8.74. The van der Waals surface area contributed by atoms with Crippen molar-refractivity contribution < 1.29 is 9.53 Å². The lowest BCUT2D eigenvalue weighted by Crippen LogP contribution is -1.90. The highest BCUT2D eigenvalue weighted by molar-refractivity contribution is 5.94. The molecular weight excluding hydrogens is 180 g/mol.